The van der Waals surface area contributed by atoms with Crippen molar-refractivity contribution in [1.29, 1.82) is 0 Å². The maximum absolute atomic E-state index is 12.6. The van der Waals surface area contributed by atoms with Gasteiger partial charge in [-0.3, -0.25) is 18.6 Å². The number of rotatable bonds is 38. The summed E-state index contributed by atoms with van der Waals surface area (Å²) in [4.78, 5) is 34.9. The third kappa shape index (κ3) is 37.2. The van der Waals surface area contributed by atoms with Gasteiger partial charge in [-0.1, -0.05) is 146 Å². The van der Waals surface area contributed by atoms with E-state index >= 15 is 0 Å². The molecule has 4 N–H and O–H groups in total. The number of esters is 2. The van der Waals surface area contributed by atoms with E-state index in [4.69, 9.17) is 19.1 Å². The van der Waals surface area contributed by atoms with Crippen LogP contribution in [-0.4, -0.2) is 76.9 Å². The molecular formula is C43H77O11P. The van der Waals surface area contributed by atoms with Crippen molar-refractivity contribution >= 4 is 19.8 Å². The number of hydrogen-bond acceptors (Lipinski definition) is 10. The van der Waals surface area contributed by atoms with Crippen LogP contribution in [0.25, 0.3) is 0 Å². The van der Waals surface area contributed by atoms with Crippen molar-refractivity contribution in [1.82, 2.24) is 0 Å². The lowest BCUT2D eigenvalue weighted by Crippen LogP contribution is -2.29. The average Bonchev–Trinajstić information content (AvgIpc) is 3.16. The summed E-state index contributed by atoms with van der Waals surface area (Å²) in [5, 5.41) is 28.0. The van der Waals surface area contributed by atoms with Gasteiger partial charge >= 0.3 is 19.8 Å². The maximum Gasteiger partial charge on any atom is 0.472 e. The minimum atomic E-state index is -4.64. The molecule has 0 radical (unpaired) electrons. The van der Waals surface area contributed by atoms with Crippen molar-refractivity contribution in [2.75, 3.05) is 26.4 Å². The number of carbonyl (C=O) groups is 2. The van der Waals surface area contributed by atoms with E-state index in [2.05, 4.69) is 55.7 Å². The predicted octanol–water partition coefficient (Wildman–Crippen LogP) is 9.77. The van der Waals surface area contributed by atoms with E-state index in [0.717, 1.165) is 57.3 Å². The number of ether oxygens (including phenoxy) is 2. The summed E-state index contributed by atoms with van der Waals surface area (Å²) in [6.07, 6.45) is 34.3. The van der Waals surface area contributed by atoms with E-state index in [1.165, 1.54) is 51.4 Å². The molecule has 0 aliphatic rings. The number of aliphatic hydroxyl groups excluding tert-OH is 3. The summed E-state index contributed by atoms with van der Waals surface area (Å²) in [7, 11) is -4.64. The number of allylic oxidation sites excluding steroid dienone is 7. The van der Waals surface area contributed by atoms with Crippen molar-refractivity contribution < 1.29 is 52.9 Å². The van der Waals surface area contributed by atoms with Crippen LogP contribution >= 0.6 is 7.82 Å². The Morgan fingerprint density at radius 2 is 1.16 bits per heavy atom. The highest BCUT2D eigenvalue weighted by Gasteiger charge is 2.27. The van der Waals surface area contributed by atoms with E-state index < -0.39 is 51.8 Å². The van der Waals surface area contributed by atoms with Gasteiger partial charge in [-0.25, -0.2) is 4.57 Å². The molecule has 0 aromatic rings. The zero-order chi connectivity index (χ0) is 40.8. The van der Waals surface area contributed by atoms with Crippen LogP contribution in [0.2, 0.25) is 0 Å². The van der Waals surface area contributed by atoms with Crippen molar-refractivity contribution in [3.05, 3.63) is 48.6 Å². The maximum atomic E-state index is 12.6. The normalized spacial score (nSPS) is 15.5. The fraction of sp³-hybridized carbons (Fsp3) is 0.767. The van der Waals surface area contributed by atoms with Gasteiger partial charge < -0.3 is 29.7 Å². The van der Waals surface area contributed by atoms with Crippen LogP contribution in [0.15, 0.2) is 48.6 Å². The third-order valence-electron chi connectivity index (χ3n) is 9.08. The quantitative estimate of drug-likeness (QED) is 0.0203. The van der Waals surface area contributed by atoms with Crippen molar-refractivity contribution in [2.24, 2.45) is 5.92 Å². The number of phosphoric acid groups is 1. The number of unbranched alkanes of at least 4 members (excludes halogenated alkanes) is 10. The summed E-state index contributed by atoms with van der Waals surface area (Å²) < 4.78 is 32.6. The molecule has 0 aromatic heterocycles. The smallest absolute Gasteiger partial charge is 0.462 e. The first-order chi connectivity index (χ1) is 26.5. The second kappa shape index (κ2) is 37.5. The first-order valence-electron chi connectivity index (χ1n) is 21.1. The van der Waals surface area contributed by atoms with Crippen LogP contribution in [0.5, 0.6) is 0 Å². The van der Waals surface area contributed by atoms with Crippen LogP contribution in [0.1, 0.15) is 162 Å². The highest BCUT2D eigenvalue weighted by atomic mass is 31.2. The van der Waals surface area contributed by atoms with Crippen molar-refractivity contribution in [3.8, 4) is 0 Å². The SMILES string of the molecule is CCCC(O)C/C=C\C/C=C\C/C=C\C/C=C\CCCC(=O)OC[C@H](COP(=O)(O)OC[C@@H](O)CO)OC(=O)CCCCCCCCCCCCC(C)CC. The summed E-state index contributed by atoms with van der Waals surface area (Å²) in [5.74, 6) is -0.183. The molecule has 5 atom stereocenters. The molecule has 3 unspecified atom stereocenters. The van der Waals surface area contributed by atoms with E-state index in [9.17, 15) is 29.3 Å². The molecule has 0 saturated carbocycles. The molecular weight excluding hydrogens is 723 g/mol. The van der Waals surface area contributed by atoms with Crippen LogP contribution in [0.4, 0.5) is 0 Å². The number of carbonyl (C=O) groups excluding carboxylic acids is 2. The molecule has 0 bridgehead atoms. The first-order valence-corrected chi connectivity index (χ1v) is 22.6. The fourth-order valence-electron chi connectivity index (χ4n) is 5.45. The van der Waals surface area contributed by atoms with Gasteiger partial charge in [0.2, 0.25) is 0 Å². The van der Waals surface area contributed by atoms with Gasteiger partial charge in [0.05, 0.1) is 25.9 Å². The monoisotopic (exact) mass is 801 g/mol. The summed E-state index contributed by atoms with van der Waals surface area (Å²) in [6, 6.07) is 0. The Kier molecular flexibility index (Phi) is 36.0. The molecule has 0 fully saturated rings. The van der Waals surface area contributed by atoms with Crippen LogP contribution in [0.3, 0.4) is 0 Å². The zero-order valence-corrected chi connectivity index (χ0v) is 35.3. The summed E-state index contributed by atoms with van der Waals surface area (Å²) >= 11 is 0. The molecule has 0 amide bonds. The lowest BCUT2D eigenvalue weighted by atomic mass is 9.99. The Hall–Kier alpha value is -2.11. The molecule has 0 aromatic carbocycles. The number of aliphatic hydroxyl groups is 3. The van der Waals surface area contributed by atoms with Gasteiger partial charge in [-0.2, -0.15) is 0 Å². The molecule has 0 aliphatic heterocycles. The first kappa shape index (κ1) is 52.9. The van der Waals surface area contributed by atoms with Crippen molar-refractivity contribution in [3.63, 3.8) is 0 Å². The summed E-state index contributed by atoms with van der Waals surface area (Å²) in [6.45, 7) is 4.43. The second-order valence-corrected chi connectivity index (χ2v) is 15.9. The van der Waals surface area contributed by atoms with Crippen LogP contribution in [-0.2, 0) is 32.7 Å². The molecule has 0 rings (SSSR count). The Bertz CT molecular complexity index is 1090. The standard InChI is InChI=1S/C43H77O11P/c1-4-29-39(45)31-26-22-18-14-9-7-6-8-10-15-19-23-27-32-42(47)51-36-41(37-53-55(49,50)52-35-40(46)34-44)54-43(48)33-28-24-20-16-12-11-13-17-21-25-30-38(3)5-2/h6,8-9,14-15,19,22,26,38-41,44-46H,4-5,7,10-13,16-18,20-21,23-25,27-37H2,1-3H3,(H,49,50)/b8-6-,14-9-,19-15-,26-22-/t38?,39?,40-,41+/m0/s1. The largest absolute Gasteiger partial charge is 0.472 e. The number of hydrogen-bond donors (Lipinski definition) is 4. The third-order valence-corrected chi connectivity index (χ3v) is 10.0. The van der Waals surface area contributed by atoms with E-state index in [-0.39, 0.29) is 25.6 Å². The highest BCUT2D eigenvalue weighted by molar-refractivity contribution is 7.47. The predicted molar refractivity (Wildman–Crippen MR) is 220 cm³/mol. The Labute approximate surface area is 333 Å². The minimum absolute atomic E-state index is 0.150. The van der Waals surface area contributed by atoms with Crippen LogP contribution < -0.4 is 0 Å². The Morgan fingerprint density at radius 3 is 1.75 bits per heavy atom. The van der Waals surface area contributed by atoms with Gasteiger partial charge in [0.15, 0.2) is 6.10 Å². The van der Waals surface area contributed by atoms with Crippen molar-refractivity contribution in [2.45, 2.75) is 180 Å². The molecule has 0 heterocycles. The van der Waals surface area contributed by atoms with E-state index in [1.807, 2.05) is 18.2 Å². The molecule has 11 nitrogen and oxygen atoms in total. The lowest BCUT2D eigenvalue weighted by molar-refractivity contribution is -0.161. The fourth-order valence-corrected chi connectivity index (χ4v) is 6.24. The highest BCUT2D eigenvalue weighted by Crippen LogP contribution is 2.43. The van der Waals surface area contributed by atoms with Gasteiger partial charge in [0, 0.05) is 12.8 Å². The van der Waals surface area contributed by atoms with Gasteiger partial charge in [-0.15, -0.1) is 0 Å². The topological polar surface area (TPSA) is 169 Å². The second-order valence-electron chi connectivity index (χ2n) is 14.4. The summed E-state index contributed by atoms with van der Waals surface area (Å²) in [5.41, 5.74) is 0. The van der Waals surface area contributed by atoms with Crippen LogP contribution in [0, 0.1) is 5.92 Å². The van der Waals surface area contributed by atoms with Gasteiger partial charge in [0.1, 0.15) is 12.7 Å². The average molecular weight is 801 g/mol. The lowest BCUT2D eigenvalue weighted by Gasteiger charge is -2.20. The van der Waals surface area contributed by atoms with E-state index in [1.54, 1.807) is 0 Å². The zero-order valence-electron chi connectivity index (χ0n) is 34.4. The molecule has 0 spiro atoms. The molecule has 12 heteroatoms. The molecule has 0 aliphatic carbocycles. The molecule has 55 heavy (non-hydrogen) atoms. The van der Waals surface area contributed by atoms with Gasteiger partial charge in [-0.05, 0) is 57.3 Å². The molecule has 320 valence electrons. The Morgan fingerprint density at radius 1 is 0.636 bits per heavy atom. The molecule has 0 saturated heterocycles. The minimum Gasteiger partial charge on any atom is -0.462 e. The van der Waals surface area contributed by atoms with E-state index in [0.29, 0.717) is 25.7 Å². The van der Waals surface area contributed by atoms with Gasteiger partial charge in [0.25, 0.3) is 0 Å². The Balaban J connectivity index is 4.44. The number of phosphoric ester groups is 1.